The normalized spacial score (nSPS) is 14.7. The van der Waals surface area contributed by atoms with E-state index >= 15 is 0 Å². The minimum atomic E-state index is -0.552. The Morgan fingerprint density at radius 1 is 1.42 bits per heavy atom. The van der Waals surface area contributed by atoms with Crippen LogP contribution in [0.3, 0.4) is 0 Å². The summed E-state index contributed by atoms with van der Waals surface area (Å²) in [7, 11) is 0. The highest BCUT2D eigenvalue weighted by molar-refractivity contribution is 7.12. The Balaban J connectivity index is 1.59. The maximum absolute atomic E-state index is 12.6. The van der Waals surface area contributed by atoms with Gasteiger partial charge in [-0.25, -0.2) is 0 Å². The van der Waals surface area contributed by atoms with Crippen molar-refractivity contribution in [3.8, 4) is 0 Å². The molecule has 8 heteroatoms. The van der Waals surface area contributed by atoms with Gasteiger partial charge < -0.3 is 16.0 Å². The van der Waals surface area contributed by atoms with Crippen molar-refractivity contribution in [2.24, 2.45) is 5.92 Å². The fourth-order valence-electron chi connectivity index (χ4n) is 2.98. The van der Waals surface area contributed by atoms with Gasteiger partial charge in [-0.2, -0.15) is 5.10 Å². The van der Waals surface area contributed by atoms with E-state index in [4.69, 9.17) is 0 Å². The summed E-state index contributed by atoms with van der Waals surface area (Å²) in [4.78, 5) is 25.5. The van der Waals surface area contributed by atoms with E-state index < -0.39 is 6.04 Å². The molecule has 0 radical (unpaired) electrons. The first kappa shape index (κ1) is 18.6. The first-order chi connectivity index (χ1) is 12.5. The summed E-state index contributed by atoms with van der Waals surface area (Å²) in [5.74, 6) is -0.0857. The molecule has 3 N–H and O–H groups in total. The lowest BCUT2D eigenvalue weighted by atomic mass is 10.0. The van der Waals surface area contributed by atoms with E-state index in [1.54, 1.807) is 6.07 Å². The van der Waals surface area contributed by atoms with Crippen molar-refractivity contribution < 1.29 is 9.59 Å². The van der Waals surface area contributed by atoms with Gasteiger partial charge in [0.2, 0.25) is 5.91 Å². The number of aromatic nitrogens is 2. The maximum Gasteiger partial charge on any atom is 0.261 e. The first-order valence-electron chi connectivity index (χ1n) is 8.91. The monoisotopic (exact) mass is 375 g/mol. The van der Waals surface area contributed by atoms with Crippen LogP contribution in [0.25, 0.3) is 0 Å². The van der Waals surface area contributed by atoms with E-state index in [-0.39, 0.29) is 11.8 Å². The molecule has 3 rings (SSSR count). The van der Waals surface area contributed by atoms with Crippen LogP contribution < -0.4 is 16.0 Å². The lowest BCUT2D eigenvalue weighted by Gasteiger charge is -2.19. The first-order valence-corrected chi connectivity index (χ1v) is 9.79. The van der Waals surface area contributed by atoms with Crippen molar-refractivity contribution in [1.82, 2.24) is 25.7 Å². The van der Waals surface area contributed by atoms with E-state index in [9.17, 15) is 9.59 Å². The lowest BCUT2D eigenvalue weighted by Crippen LogP contribution is -2.47. The van der Waals surface area contributed by atoms with Gasteiger partial charge in [-0.1, -0.05) is 19.9 Å². The molecule has 3 heterocycles. The average molecular weight is 375 g/mol. The van der Waals surface area contributed by atoms with Gasteiger partial charge in [0.15, 0.2) is 0 Å². The highest BCUT2D eigenvalue weighted by Crippen LogP contribution is 2.12. The van der Waals surface area contributed by atoms with Crippen LogP contribution in [0.1, 0.15) is 41.3 Å². The molecule has 1 aliphatic heterocycles. The minimum Gasteiger partial charge on any atom is -0.349 e. The Hall–Kier alpha value is -2.19. The molecule has 1 aliphatic rings. The summed E-state index contributed by atoms with van der Waals surface area (Å²) in [5, 5.41) is 15.4. The largest absolute Gasteiger partial charge is 0.349 e. The second kappa shape index (κ2) is 8.46. The second-order valence-corrected chi connectivity index (χ2v) is 7.83. The third-order valence-corrected chi connectivity index (χ3v) is 5.11. The van der Waals surface area contributed by atoms with Gasteiger partial charge >= 0.3 is 0 Å². The molecule has 0 saturated carbocycles. The summed E-state index contributed by atoms with van der Waals surface area (Å²) in [6.07, 6.45) is 0.590. The van der Waals surface area contributed by atoms with Crippen molar-refractivity contribution in [3.63, 3.8) is 0 Å². The van der Waals surface area contributed by atoms with E-state index in [0.29, 0.717) is 23.8 Å². The molecule has 26 heavy (non-hydrogen) atoms. The summed E-state index contributed by atoms with van der Waals surface area (Å²) in [5.41, 5.74) is 1.97. The van der Waals surface area contributed by atoms with Crippen LogP contribution in [0.5, 0.6) is 0 Å². The number of thiophene rings is 1. The molecular formula is C18H25N5O2S. The molecule has 0 aromatic carbocycles. The number of hydrogen-bond donors (Lipinski definition) is 3. The predicted molar refractivity (Wildman–Crippen MR) is 101 cm³/mol. The molecule has 0 saturated heterocycles. The van der Waals surface area contributed by atoms with Crippen LogP contribution in [0.2, 0.25) is 0 Å². The van der Waals surface area contributed by atoms with Crippen molar-refractivity contribution in [3.05, 3.63) is 39.8 Å². The molecule has 2 amide bonds. The zero-order chi connectivity index (χ0) is 18.5. The van der Waals surface area contributed by atoms with E-state index in [2.05, 4.69) is 21.0 Å². The Morgan fingerprint density at radius 3 is 2.96 bits per heavy atom. The molecule has 0 aliphatic carbocycles. The van der Waals surface area contributed by atoms with Crippen LogP contribution in [-0.2, 0) is 24.4 Å². The topological polar surface area (TPSA) is 88.1 Å². The molecule has 0 unspecified atom stereocenters. The fourth-order valence-corrected chi connectivity index (χ4v) is 3.61. The van der Waals surface area contributed by atoms with Crippen molar-refractivity contribution >= 4 is 23.2 Å². The van der Waals surface area contributed by atoms with Gasteiger partial charge in [0, 0.05) is 13.1 Å². The zero-order valence-electron chi connectivity index (χ0n) is 15.1. The average Bonchev–Trinajstić information content (AvgIpc) is 3.27. The fraction of sp³-hybridized carbons (Fsp3) is 0.500. The Labute approximate surface area is 157 Å². The van der Waals surface area contributed by atoms with E-state index in [1.165, 1.54) is 11.3 Å². The molecule has 0 bridgehead atoms. The highest BCUT2D eigenvalue weighted by atomic mass is 32.1. The molecule has 1 atom stereocenters. The van der Waals surface area contributed by atoms with Gasteiger partial charge in [0.1, 0.15) is 6.04 Å². The molecule has 2 aromatic rings. The van der Waals surface area contributed by atoms with Crippen LogP contribution in [0.15, 0.2) is 23.6 Å². The second-order valence-electron chi connectivity index (χ2n) is 6.88. The van der Waals surface area contributed by atoms with Crippen LogP contribution in [0, 0.1) is 5.92 Å². The SMILES string of the molecule is CC(C)C[C@@H](NC(=O)c1cccs1)C(=O)NCc1cc2n(n1)CCNC2. The molecule has 2 aromatic heterocycles. The minimum absolute atomic E-state index is 0.173. The van der Waals surface area contributed by atoms with Crippen LogP contribution in [-0.4, -0.2) is 34.2 Å². The van der Waals surface area contributed by atoms with Crippen molar-refractivity contribution in [2.75, 3.05) is 6.54 Å². The smallest absolute Gasteiger partial charge is 0.261 e. The van der Waals surface area contributed by atoms with E-state index in [0.717, 1.165) is 31.0 Å². The van der Waals surface area contributed by atoms with Crippen LogP contribution in [0.4, 0.5) is 0 Å². The number of nitrogens with zero attached hydrogens (tertiary/aromatic N) is 2. The molecule has 0 spiro atoms. The van der Waals surface area contributed by atoms with Gasteiger partial charge in [-0.3, -0.25) is 14.3 Å². The van der Waals surface area contributed by atoms with E-state index in [1.807, 2.05) is 36.0 Å². The van der Waals surface area contributed by atoms with Gasteiger partial charge in [0.25, 0.3) is 5.91 Å². The summed E-state index contributed by atoms with van der Waals surface area (Å²) < 4.78 is 1.97. The number of amides is 2. The Morgan fingerprint density at radius 2 is 2.27 bits per heavy atom. The standard InChI is InChI=1S/C18H25N5O2S/c1-12(2)8-15(21-18(25)16-4-3-7-26-16)17(24)20-10-13-9-14-11-19-5-6-23(14)22-13/h3-4,7,9,12,15,19H,5-6,8,10-11H2,1-2H3,(H,20,24)(H,21,25)/t15-/m1/s1. The van der Waals surface area contributed by atoms with Gasteiger partial charge in [-0.15, -0.1) is 11.3 Å². The lowest BCUT2D eigenvalue weighted by molar-refractivity contribution is -0.123. The maximum atomic E-state index is 12.6. The molecule has 140 valence electrons. The summed E-state index contributed by atoms with van der Waals surface area (Å²) >= 11 is 1.37. The molecule has 0 fully saturated rings. The van der Waals surface area contributed by atoms with Crippen molar-refractivity contribution in [2.45, 2.75) is 45.9 Å². The number of carbonyl (C=O) groups excluding carboxylic acids is 2. The number of rotatable bonds is 7. The number of carbonyl (C=O) groups is 2. The summed E-state index contributed by atoms with van der Waals surface area (Å²) in [6, 6.07) is 5.04. The van der Waals surface area contributed by atoms with Crippen LogP contribution >= 0.6 is 11.3 Å². The number of nitrogens with one attached hydrogen (secondary N) is 3. The number of fused-ring (bicyclic) bond motifs is 1. The number of hydrogen-bond acceptors (Lipinski definition) is 5. The predicted octanol–water partition coefficient (Wildman–Crippen LogP) is 1.51. The van der Waals surface area contributed by atoms with Crippen molar-refractivity contribution in [1.29, 1.82) is 0 Å². The summed E-state index contributed by atoms with van der Waals surface area (Å²) in [6.45, 7) is 6.99. The molecule has 7 nitrogen and oxygen atoms in total. The van der Waals surface area contributed by atoms with Gasteiger partial charge in [-0.05, 0) is 29.9 Å². The Bertz CT molecular complexity index is 730. The highest BCUT2D eigenvalue weighted by Gasteiger charge is 2.23. The molecular weight excluding hydrogens is 350 g/mol. The third-order valence-electron chi connectivity index (χ3n) is 4.24. The zero-order valence-corrected chi connectivity index (χ0v) is 15.9. The Kier molecular flexibility index (Phi) is 6.05. The third kappa shape index (κ3) is 4.70. The van der Waals surface area contributed by atoms with Gasteiger partial charge in [0.05, 0.1) is 29.4 Å². The quantitative estimate of drug-likeness (QED) is 0.684.